The molecule has 6 rings (SSSR count). The van der Waals surface area contributed by atoms with Crippen LogP contribution >= 0.6 is 18.9 Å². The number of thiophene rings is 1. The van der Waals surface area contributed by atoms with Gasteiger partial charge in [-0.25, -0.2) is 4.79 Å². The van der Waals surface area contributed by atoms with E-state index in [0.717, 1.165) is 29.0 Å². The van der Waals surface area contributed by atoms with Gasteiger partial charge in [0.05, 0.1) is 4.88 Å². The van der Waals surface area contributed by atoms with Gasteiger partial charge in [0.15, 0.2) is 0 Å². The molecule has 5 amide bonds. The zero-order valence-corrected chi connectivity index (χ0v) is 29.9. The first-order chi connectivity index (χ1) is 24.6. The van der Waals surface area contributed by atoms with Crippen LogP contribution in [0.1, 0.15) is 47.0 Å². The highest BCUT2D eigenvalue weighted by Gasteiger charge is 2.50. The predicted octanol–water partition coefficient (Wildman–Crippen LogP) is 3.32. The van der Waals surface area contributed by atoms with Crippen LogP contribution < -0.4 is 5.32 Å². The van der Waals surface area contributed by atoms with Crippen LogP contribution in [0.4, 0.5) is 13.6 Å². The number of benzene rings is 2. The van der Waals surface area contributed by atoms with Gasteiger partial charge in [0.1, 0.15) is 18.7 Å². The van der Waals surface area contributed by atoms with Crippen molar-refractivity contribution < 1.29 is 51.8 Å². The van der Waals surface area contributed by atoms with Crippen LogP contribution in [0.3, 0.4) is 0 Å². The van der Waals surface area contributed by atoms with Gasteiger partial charge >= 0.3 is 19.4 Å². The van der Waals surface area contributed by atoms with E-state index < -0.39 is 48.8 Å². The molecule has 0 aliphatic carbocycles. The topological polar surface area (TPSA) is 177 Å². The molecule has 0 spiro atoms. The maximum Gasteiger partial charge on any atom is 0.410 e. The maximum atomic E-state index is 14.4. The molecule has 0 saturated carbocycles. The van der Waals surface area contributed by atoms with E-state index in [1.807, 2.05) is 30.3 Å². The lowest BCUT2D eigenvalue weighted by Crippen LogP contribution is -2.62. The molecule has 0 radical (unpaired) electrons. The zero-order chi connectivity index (χ0) is 37.4. The molecule has 3 N–H and O–H groups in total. The minimum absolute atomic E-state index is 0.0432. The lowest BCUT2D eigenvalue weighted by atomic mass is 10.1. The van der Waals surface area contributed by atoms with Gasteiger partial charge in [-0.3, -0.25) is 23.7 Å². The highest BCUT2D eigenvalue weighted by molar-refractivity contribution is 7.52. The van der Waals surface area contributed by atoms with Crippen LogP contribution in [0.2, 0.25) is 0 Å². The second-order valence-electron chi connectivity index (χ2n) is 13.1. The van der Waals surface area contributed by atoms with Crippen molar-refractivity contribution in [1.82, 2.24) is 24.9 Å². The Morgan fingerprint density at radius 2 is 1.63 bits per heavy atom. The summed E-state index contributed by atoms with van der Waals surface area (Å²) in [5.74, 6) is -1.82. The first-order valence-electron chi connectivity index (χ1n) is 16.7. The number of carbonyl (C=O) groups excluding carboxylic acids is 5. The molecule has 3 aliphatic rings. The molecular formula is C34H38F2N5O9PS. The summed E-state index contributed by atoms with van der Waals surface area (Å²) >= 11 is 0.932. The van der Waals surface area contributed by atoms with E-state index in [1.54, 1.807) is 4.90 Å². The number of piperazine rings is 1. The first-order valence-corrected chi connectivity index (χ1v) is 19.2. The molecule has 3 aromatic rings. The number of nitrogens with zero attached hydrogens (tertiary/aromatic N) is 4. The molecular weight excluding hydrogens is 723 g/mol. The maximum absolute atomic E-state index is 14.4. The fraction of sp³-hybridized carbons (Fsp3) is 0.441. The number of rotatable bonds is 7. The number of hydrogen-bond acceptors (Lipinski definition) is 8. The van der Waals surface area contributed by atoms with Crippen molar-refractivity contribution in [3.63, 3.8) is 0 Å². The molecule has 18 heteroatoms. The molecule has 2 aromatic carbocycles. The van der Waals surface area contributed by atoms with Gasteiger partial charge in [0, 0.05) is 62.5 Å². The van der Waals surface area contributed by atoms with Crippen molar-refractivity contribution in [3.8, 4) is 0 Å². The van der Waals surface area contributed by atoms with E-state index >= 15 is 0 Å². The lowest BCUT2D eigenvalue weighted by Gasteiger charge is -2.40. The summed E-state index contributed by atoms with van der Waals surface area (Å²) in [6, 6.07) is 11.2. The molecule has 3 saturated heterocycles. The molecule has 3 atom stereocenters. The minimum Gasteiger partial charge on any atom is -0.445 e. The summed E-state index contributed by atoms with van der Waals surface area (Å²) in [7, 11) is -5.82. The Hall–Kier alpha value is -4.44. The normalized spacial score (nSPS) is 21.4. The van der Waals surface area contributed by atoms with Crippen molar-refractivity contribution in [1.29, 1.82) is 0 Å². The summed E-state index contributed by atoms with van der Waals surface area (Å²) in [5.41, 5.74) is -4.49. The minimum atomic E-state index is -5.82. The van der Waals surface area contributed by atoms with Crippen LogP contribution in [0.15, 0.2) is 54.6 Å². The van der Waals surface area contributed by atoms with Crippen molar-refractivity contribution in [2.24, 2.45) is 0 Å². The van der Waals surface area contributed by atoms with Crippen molar-refractivity contribution >= 4 is 58.7 Å². The van der Waals surface area contributed by atoms with E-state index in [0.29, 0.717) is 30.5 Å². The SMILES string of the molecule is CC(=O)N1CC[C@H]2CC[C@@H](C(=O)N3CCN(C(=O)OCc4ccccc4)CC3)N2C(=O)[C@@H](NC(=O)c2cc3cc(C(F)(F)P(=O)(O)O)ccc3s2)C1. The standard InChI is InChI=1S/C34H38F2N5O9PS/c1-21(42)40-12-11-25-8-9-27(32(45)38-13-15-39(16-14-38)33(46)50-20-22-5-3-2-4-6-22)41(25)31(44)26(19-40)37-30(43)29-18-23-17-24(7-10-28(23)52-29)34(35,36)51(47,48)49/h2-7,10,17-18,25-27H,8-9,11-16,19-20H2,1H3,(H,37,43)(H2,47,48,49)/t25-,26+,27+/m1/s1. The quantitative estimate of drug-likeness (QED) is 0.305. The highest BCUT2D eigenvalue weighted by Crippen LogP contribution is 2.59. The van der Waals surface area contributed by atoms with E-state index in [4.69, 9.17) is 14.5 Å². The van der Waals surface area contributed by atoms with Crippen LogP contribution in [0.25, 0.3) is 10.1 Å². The van der Waals surface area contributed by atoms with Crippen molar-refractivity contribution in [2.75, 3.05) is 39.3 Å². The smallest absolute Gasteiger partial charge is 0.410 e. The number of amides is 5. The average molecular weight is 762 g/mol. The number of nitrogens with one attached hydrogen (secondary N) is 1. The Bertz CT molecular complexity index is 1920. The first kappa shape index (κ1) is 37.3. The molecule has 0 unspecified atom stereocenters. The van der Waals surface area contributed by atoms with Gasteiger partial charge in [0.25, 0.3) is 5.91 Å². The second kappa shape index (κ2) is 14.9. The van der Waals surface area contributed by atoms with E-state index in [1.165, 1.54) is 33.8 Å². The Morgan fingerprint density at radius 1 is 0.942 bits per heavy atom. The zero-order valence-electron chi connectivity index (χ0n) is 28.2. The highest BCUT2D eigenvalue weighted by atomic mass is 32.1. The third kappa shape index (κ3) is 7.68. The van der Waals surface area contributed by atoms with Crippen molar-refractivity contribution in [3.05, 3.63) is 70.6 Å². The van der Waals surface area contributed by atoms with E-state index in [-0.39, 0.29) is 67.5 Å². The average Bonchev–Trinajstić information content (AvgIpc) is 3.74. The molecule has 1 aromatic heterocycles. The summed E-state index contributed by atoms with van der Waals surface area (Å²) in [6.07, 6.45) is 0.850. The number of alkyl halides is 2. The molecule has 3 aliphatic heterocycles. The third-order valence-corrected chi connectivity index (χ3v) is 11.8. The van der Waals surface area contributed by atoms with Gasteiger partial charge in [-0.05, 0) is 48.4 Å². The second-order valence-corrected chi connectivity index (χ2v) is 15.8. The molecule has 0 bridgehead atoms. The Morgan fingerprint density at radius 3 is 2.31 bits per heavy atom. The number of carbonyl (C=O) groups is 5. The van der Waals surface area contributed by atoms with Gasteiger partial charge in [-0.1, -0.05) is 36.4 Å². The number of hydrogen-bond donors (Lipinski definition) is 3. The molecule has 4 heterocycles. The van der Waals surface area contributed by atoms with Gasteiger partial charge in [-0.15, -0.1) is 11.3 Å². The molecule has 52 heavy (non-hydrogen) atoms. The third-order valence-electron chi connectivity index (χ3n) is 9.73. The monoisotopic (exact) mass is 761 g/mol. The molecule has 14 nitrogen and oxygen atoms in total. The number of fused-ring (bicyclic) bond motifs is 2. The van der Waals surface area contributed by atoms with Gasteiger partial charge in [0.2, 0.25) is 17.7 Å². The number of ether oxygens (including phenoxy) is 1. The largest absolute Gasteiger partial charge is 0.445 e. The van der Waals surface area contributed by atoms with Crippen LogP contribution in [-0.4, -0.2) is 117 Å². The fourth-order valence-electron chi connectivity index (χ4n) is 6.88. The Balaban J connectivity index is 1.14. The van der Waals surface area contributed by atoms with E-state index in [9.17, 15) is 37.3 Å². The van der Waals surface area contributed by atoms with Crippen LogP contribution in [0, 0.1) is 0 Å². The van der Waals surface area contributed by atoms with Crippen molar-refractivity contribution in [2.45, 2.75) is 56.6 Å². The van der Waals surface area contributed by atoms with Crippen LogP contribution in [0.5, 0.6) is 0 Å². The Kier molecular flexibility index (Phi) is 10.7. The molecule has 278 valence electrons. The predicted molar refractivity (Wildman–Crippen MR) is 184 cm³/mol. The Labute approximate surface area is 301 Å². The summed E-state index contributed by atoms with van der Waals surface area (Å²) < 4.78 is 45.9. The van der Waals surface area contributed by atoms with Gasteiger partial charge in [-0.2, -0.15) is 8.78 Å². The summed E-state index contributed by atoms with van der Waals surface area (Å²) in [5, 5.41) is 2.84. The lowest BCUT2D eigenvalue weighted by molar-refractivity contribution is -0.149. The summed E-state index contributed by atoms with van der Waals surface area (Å²) in [4.78, 5) is 91.4. The number of halogens is 2. The fourth-order valence-corrected chi connectivity index (χ4v) is 8.30. The van der Waals surface area contributed by atoms with E-state index in [2.05, 4.69) is 5.32 Å². The van der Waals surface area contributed by atoms with Gasteiger partial charge < -0.3 is 39.4 Å². The summed E-state index contributed by atoms with van der Waals surface area (Å²) in [6.45, 7) is 2.62. The van der Waals surface area contributed by atoms with Crippen LogP contribution in [-0.2, 0) is 36.0 Å². The molecule has 3 fully saturated rings.